The van der Waals surface area contributed by atoms with Gasteiger partial charge in [-0.1, -0.05) is 25.9 Å². The molecule has 13 heavy (non-hydrogen) atoms. The van der Waals surface area contributed by atoms with Crippen LogP contribution in [-0.4, -0.2) is 26.5 Å². The molecule has 0 aliphatic heterocycles. The van der Waals surface area contributed by atoms with Gasteiger partial charge >= 0.3 is 0 Å². The van der Waals surface area contributed by atoms with Crippen LogP contribution in [-0.2, 0) is 4.79 Å². The number of amides is 1. The number of hydrogen-bond acceptors (Lipinski definition) is 4. The van der Waals surface area contributed by atoms with Crippen molar-refractivity contribution in [1.29, 1.82) is 0 Å². The molecule has 0 aliphatic carbocycles. The lowest BCUT2D eigenvalue weighted by Gasteiger charge is -2.12. The van der Waals surface area contributed by atoms with Gasteiger partial charge in [0, 0.05) is 5.92 Å². The number of hydrogen-bond donors (Lipinski definition) is 2. The topological polar surface area (TPSA) is 83.6 Å². The number of aromatic nitrogens is 4. The van der Waals surface area contributed by atoms with Crippen molar-refractivity contribution in [1.82, 2.24) is 20.6 Å². The van der Waals surface area contributed by atoms with Crippen molar-refractivity contribution in [2.24, 2.45) is 11.8 Å². The number of rotatable bonds is 3. The van der Waals surface area contributed by atoms with E-state index in [4.69, 9.17) is 0 Å². The van der Waals surface area contributed by atoms with Gasteiger partial charge in [-0.05, 0) is 11.1 Å². The Labute approximate surface area is 76.1 Å². The number of carbonyl (C=O) groups excluding carboxylic acids is 1. The van der Waals surface area contributed by atoms with Crippen LogP contribution in [0.15, 0.2) is 0 Å². The quantitative estimate of drug-likeness (QED) is 0.711. The van der Waals surface area contributed by atoms with Crippen molar-refractivity contribution < 1.29 is 4.79 Å². The third kappa shape index (κ3) is 2.50. The van der Waals surface area contributed by atoms with Crippen LogP contribution in [0.1, 0.15) is 20.8 Å². The minimum atomic E-state index is -0.0867. The predicted octanol–water partition coefficient (Wildman–Crippen LogP) is 0.430. The average molecular weight is 183 g/mol. The summed E-state index contributed by atoms with van der Waals surface area (Å²) in [6.07, 6.45) is 0. The lowest BCUT2D eigenvalue weighted by atomic mass is 9.97. The Balaban J connectivity index is 2.51. The van der Waals surface area contributed by atoms with Crippen LogP contribution in [0.5, 0.6) is 0 Å². The number of anilines is 1. The van der Waals surface area contributed by atoms with E-state index >= 15 is 0 Å². The Morgan fingerprint density at radius 3 is 2.62 bits per heavy atom. The van der Waals surface area contributed by atoms with Crippen LogP contribution >= 0.6 is 0 Å². The van der Waals surface area contributed by atoms with E-state index in [0.29, 0.717) is 5.92 Å². The maximum Gasteiger partial charge on any atom is 0.269 e. The van der Waals surface area contributed by atoms with Crippen LogP contribution < -0.4 is 5.32 Å². The minimum absolute atomic E-state index is 0.0569. The minimum Gasteiger partial charge on any atom is -0.292 e. The molecule has 1 unspecified atom stereocenters. The first kappa shape index (κ1) is 9.63. The first-order valence-electron chi connectivity index (χ1n) is 4.15. The third-order valence-corrected chi connectivity index (χ3v) is 1.99. The van der Waals surface area contributed by atoms with Gasteiger partial charge in [0.1, 0.15) is 0 Å². The first-order valence-corrected chi connectivity index (χ1v) is 4.15. The van der Waals surface area contributed by atoms with E-state index in [0.717, 1.165) is 0 Å². The fourth-order valence-electron chi connectivity index (χ4n) is 0.742. The summed E-state index contributed by atoms with van der Waals surface area (Å²) in [5.41, 5.74) is 0. The van der Waals surface area contributed by atoms with Gasteiger partial charge in [-0.2, -0.15) is 5.21 Å². The highest BCUT2D eigenvalue weighted by Crippen LogP contribution is 2.10. The van der Waals surface area contributed by atoms with Gasteiger partial charge in [0.05, 0.1) is 0 Å². The largest absolute Gasteiger partial charge is 0.292 e. The molecule has 1 atom stereocenters. The zero-order chi connectivity index (χ0) is 9.84. The van der Waals surface area contributed by atoms with Crippen LogP contribution in [0.4, 0.5) is 5.95 Å². The summed E-state index contributed by atoms with van der Waals surface area (Å²) in [5, 5.41) is 15.4. The summed E-state index contributed by atoms with van der Waals surface area (Å²) in [6, 6.07) is 0. The van der Waals surface area contributed by atoms with Crippen molar-refractivity contribution in [3.8, 4) is 0 Å². The Kier molecular flexibility index (Phi) is 2.94. The lowest BCUT2D eigenvalue weighted by molar-refractivity contribution is -0.120. The molecule has 0 spiro atoms. The fraction of sp³-hybridized carbons (Fsp3) is 0.714. The number of tetrazole rings is 1. The zero-order valence-electron chi connectivity index (χ0n) is 7.90. The van der Waals surface area contributed by atoms with Gasteiger partial charge < -0.3 is 0 Å². The molecule has 1 aromatic heterocycles. The molecule has 0 bridgehead atoms. The molecule has 2 N–H and O–H groups in total. The second kappa shape index (κ2) is 3.97. The molecule has 0 radical (unpaired) electrons. The summed E-state index contributed by atoms with van der Waals surface area (Å²) in [5.74, 6) is 0.374. The Morgan fingerprint density at radius 2 is 2.15 bits per heavy atom. The molecule has 1 rings (SSSR count). The van der Waals surface area contributed by atoms with Crippen molar-refractivity contribution in [3.05, 3.63) is 0 Å². The van der Waals surface area contributed by atoms with Crippen LogP contribution in [0.3, 0.4) is 0 Å². The molecule has 0 saturated carbocycles. The maximum atomic E-state index is 11.4. The van der Waals surface area contributed by atoms with E-state index in [1.807, 2.05) is 20.8 Å². The number of nitrogens with zero attached hydrogens (tertiary/aromatic N) is 3. The van der Waals surface area contributed by atoms with Crippen LogP contribution in [0, 0.1) is 11.8 Å². The highest BCUT2D eigenvalue weighted by molar-refractivity contribution is 5.90. The van der Waals surface area contributed by atoms with Gasteiger partial charge in [0.15, 0.2) is 0 Å². The highest BCUT2D eigenvalue weighted by Gasteiger charge is 2.17. The molecule has 0 fully saturated rings. The molecule has 6 nitrogen and oxygen atoms in total. The lowest BCUT2D eigenvalue weighted by Crippen LogP contribution is -2.24. The molecule has 0 saturated heterocycles. The maximum absolute atomic E-state index is 11.4. The number of carbonyl (C=O) groups is 1. The summed E-state index contributed by atoms with van der Waals surface area (Å²) >= 11 is 0. The van der Waals surface area contributed by atoms with Gasteiger partial charge in [-0.25, -0.2) is 0 Å². The normalized spacial score (nSPS) is 12.9. The number of nitrogens with one attached hydrogen (secondary N) is 2. The molecule has 1 heterocycles. The van der Waals surface area contributed by atoms with Crippen molar-refractivity contribution in [3.63, 3.8) is 0 Å². The molecular formula is C7H13N5O. The van der Waals surface area contributed by atoms with Crippen molar-refractivity contribution in [2.45, 2.75) is 20.8 Å². The van der Waals surface area contributed by atoms with Gasteiger partial charge in [0.2, 0.25) is 5.91 Å². The van der Waals surface area contributed by atoms with Crippen LogP contribution in [0.2, 0.25) is 0 Å². The SMILES string of the molecule is CC(C)C(C)C(=O)Nc1nn[nH]n1. The summed E-state index contributed by atoms with van der Waals surface area (Å²) in [6.45, 7) is 5.83. The molecule has 72 valence electrons. The van der Waals surface area contributed by atoms with E-state index in [-0.39, 0.29) is 17.8 Å². The van der Waals surface area contributed by atoms with E-state index < -0.39 is 0 Å². The molecule has 1 aromatic rings. The smallest absolute Gasteiger partial charge is 0.269 e. The van der Waals surface area contributed by atoms with Gasteiger partial charge in [-0.3, -0.25) is 10.1 Å². The van der Waals surface area contributed by atoms with Gasteiger partial charge in [0.25, 0.3) is 5.95 Å². The first-order chi connectivity index (χ1) is 6.11. The summed E-state index contributed by atoms with van der Waals surface area (Å²) in [4.78, 5) is 11.4. The average Bonchev–Trinajstić information content (AvgIpc) is 2.55. The van der Waals surface area contributed by atoms with E-state index in [2.05, 4.69) is 25.9 Å². The molecule has 1 amide bonds. The fourth-order valence-corrected chi connectivity index (χ4v) is 0.742. The Morgan fingerprint density at radius 1 is 1.46 bits per heavy atom. The molecule has 0 aromatic carbocycles. The summed E-state index contributed by atoms with van der Waals surface area (Å²) in [7, 11) is 0. The molecule has 6 heteroatoms. The van der Waals surface area contributed by atoms with E-state index in [1.165, 1.54) is 0 Å². The third-order valence-electron chi connectivity index (χ3n) is 1.99. The monoisotopic (exact) mass is 183 g/mol. The van der Waals surface area contributed by atoms with Gasteiger partial charge in [-0.15, -0.1) is 5.10 Å². The Bertz CT molecular complexity index is 268. The summed E-state index contributed by atoms with van der Waals surface area (Å²) < 4.78 is 0. The van der Waals surface area contributed by atoms with E-state index in [9.17, 15) is 4.79 Å². The second-order valence-electron chi connectivity index (χ2n) is 3.26. The van der Waals surface area contributed by atoms with Crippen molar-refractivity contribution >= 4 is 11.9 Å². The van der Waals surface area contributed by atoms with E-state index in [1.54, 1.807) is 0 Å². The number of aromatic amines is 1. The molecular weight excluding hydrogens is 170 g/mol. The predicted molar refractivity (Wildman–Crippen MR) is 46.8 cm³/mol. The zero-order valence-corrected chi connectivity index (χ0v) is 7.90. The van der Waals surface area contributed by atoms with Crippen LogP contribution in [0.25, 0.3) is 0 Å². The molecule has 0 aliphatic rings. The highest BCUT2D eigenvalue weighted by atomic mass is 16.2. The Hall–Kier alpha value is -1.46. The second-order valence-corrected chi connectivity index (χ2v) is 3.26. The number of H-pyrrole nitrogens is 1. The standard InChI is InChI=1S/C7H13N5O/c1-4(2)5(3)6(13)8-7-9-11-12-10-7/h4-5H,1-3H3,(H2,8,9,10,11,12,13). The van der Waals surface area contributed by atoms with Crippen molar-refractivity contribution in [2.75, 3.05) is 5.32 Å².